The maximum atomic E-state index is 14.4. The number of nitrogens with zero attached hydrogens (tertiary/aromatic N) is 5. The Kier molecular flexibility index (Phi) is 9.24. The fourth-order valence-corrected chi connectivity index (χ4v) is 5.56. The second kappa shape index (κ2) is 13.5. The van der Waals surface area contributed by atoms with Gasteiger partial charge in [-0.1, -0.05) is 11.6 Å². The van der Waals surface area contributed by atoms with Crippen LogP contribution in [0.5, 0.6) is 11.6 Å². The maximum absolute atomic E-state index is 14.4. The molecule has 2 fully saturated rings. The average Bonchev–Trinajstić information content (AvgIpc) is 3.32. The van der Waals surface area contributed by atoms with Gasteiger partial charge in [-0.2, -0.15) is 0 Å². The van der Waals surface area contributed by atoms with Gasteiger partial charge in [-0.25, -0.2) is 28.5 Å². The zero-order valence-corrected chi connectivity index (χ0v) is 25.3. The van der Waals surface area contributed by atoms with E-state index < -0.39 is 17.6 Å². The Bertz CT molecular complexity index is 1740. The molecule has 3 aromatic heterocycles. The molecule has 2 saturated heterocycles. The number of pyridine rings is 2. The van der Waals surface area contributed by atoms with Gasteiger partial charge in [0.05, 0.1) is 24.9 Å². The lowest BCUT2D eigenvalue weighted by molar-refractivity contribution is -0.131. The highest BCUT2D eigenvalue weighted by Gasteiger charge is 2.26. The van der Waals surface area contributed by atoms with Crippen molar-refractivity contribution in [2.45, 2.75) is 58.1 Å². The summed E-state index contributed by atoms with van der Waals surface area (Å²) in [6, 6.07) is 10.4. The molecule has 45 heavy (non-hydrogen) atoms. The molecule has 0 bridgehead atoms. The van der Waals surface area contributed by atoms with Crippen LogP contribution in [0.1, 0.15) is 43.4 Å². The molecule has 1 N–H and O–H groups in total. The minimum atomic E-state index is -1.02. The Hall–Kier alpha value is -4.13. The van der Waals surface area contributed by atoms with E-state index in [1.165, 1.54) is 24.3 Å². The minimum absolute atomic E-state index is 0.0130. The van der Waals surface area contributed by atoms with E-state index in [0.717, 1.165) is 62.4 Å². The van der Waals surface area contributed by atoms with E-state index in [1.807, 2.05) is 6.07 Å². The van der Waals surface area contributed by atoms with Crippen molar-refractivity contribution >= 4 is 34.3 Å². The van der Waals surface area contributed by atoms with Gasteiger partial charge in [-0.3, -0.25) is 4.90 Å². The summed E-state index contributed by atoms with van der Waals surface area (Å²) in [5.74, 6) is -1.13. The molecule has 236 valence electrons. The van der Waals surface area contributed by atoms with Crippen molar-refractivity contribution < 1.29 is 32.9 Å². The molecule has 1 aromatic carbocycles. The quantitative estimate of drug-likeness (QED) is 0.208. The highest BCUT2D eigenvalue weighted by molar-refractivity contribution is 6.30. The molecular weight excluding hydrogens is 608 g/mol. The summed E-state index contributed by atoms with van der Waals surface area (Å²) in [5, 5.41) is 9.40. The third-order valence-electron chi connectivity index (χ3n) is 7.93. The standard InChI is InChI=1S/C32H32ClF2N5O5/c1-19(14-31(41)42)25-4-5-26-32(38-25)40(16-22-10-13-43-22)29(36-26)17-39-11-8-21(9-12-39)45-30-7-3-23(34)27(37-30)18-44-28-6-2-20(33)15-24(28)35/h2-7,14-15,21-22H,8-13,16-18H2,1H3,(H,41,42)/b19-14+/t22-/m0/s1. The van der Waals surface area contributed by atoms with Gasteiger partial charge in [0.25, 0.3) is 0 Å². The van der Waals surface area contributed by atoms with Gasteiger partial charge in [-0.05, 0) is 68.2 Å². The molecule has 4 aromatic rings. The summed E-state index contributed by atoms with van der Waals surface area (Å²) in [5.41, 5.74) is 2.61. The number of aliphatic carboxylic acids is 1. The number of halogens is 3. The molecular formula is C32H32ClF2N5O5. The first-order valence-corrected chi connectivity index (χ1v) is 15.1. The minimum Gasteiger partial charge on any atom is -0.484 e. The third kappa shape index (κ3) is 7.41. The predicted molar refractivity (Wildman–Crippen MR) is 162 cm³/mol. The van der Waals surface area contributed by atoms with Crippen LogP contribution < -0.4 is 9.47 Å². The van der Waals surface area contributed by atoms with E-state index in [1.54, 1.807) is 13.0 Å². The van der Waals surface area contributed by atoms with E-state index >= 15 is 0 Å². The fourth-order valence-electron chi connectivity index (χ4n) is 5.40. The Labute approximate surface area is 263 Å². The Morgan fingerprint density at radius 3 is 2.60 bits per heavy atom. The number of rotatable bonds is 11. The first-order chi connectivity index (χ1) is 21.7. The van der Waals surface area contributed by atoms with Crippen LogP contribution in [0.25, 0.3) is 16.7 Å². The summed E-state index contributed by atoms with van der Waals surface area (Å²) in [4.78, 5) is 27.4. The predicted octanol–water partition coefficient (Wildman–Crippen LogP) is 5.66. The van der Waals surface area contributed by atoms with Crippen molar-refractivity contribution in [2.24, 2.45) is 0 Å². The highest BCUT2D eigenvalue weighted by Crippen LogP contribution is 2.26. The smallest absolute Gasteiger partial charge is 0.328 e. The van der Waals surface area contributed by atoms with Gasteiger partial charge >= 0.3 is 5.97 Å². The number of likely N-dealkylation sites (tertiary alicyclic amines) is 1. The Morgan fingerprint density at radius 1 is 1.09 bits per heavy atom. The molecule has 1 atom stereocenters. The number of piperidine rings is 1. The van der Waals surface area contributed by atoms with Crippen LogP contribution in [0, 0.1) is 11.6 Å². The molecule has 2 aliphatic heterocycles. The van der Waals surface area contributed by atoms with E-state index in [4.69, 9.17) is 40.9 Å². The van der Waals surface area contributed by atoms with Gasteiger partial charge in [0.2, 0.25) is 5.88 Å². The second-order valence-electron chi connectivity index (χ2n) is 11.2. The first-order valence-electron chi connectivity index (χ1n) is 14.7. The van der Waals surface area contributed by atoms with Crippen LogP contribution in [-0.2, 0) is 29.2 Å². The molecule has 6 rings (SSSR count). The highest BCUT2D eigenvalue weighted by atomic mass is 35.5. The fraction of sp³-hybridized carbons (Fsp3) is 0.375. The molecule has 2 aliphatic rings. The molecule has 13 heteroatoms. The number of carbonyl (C=O) groups is 1. The zero-order valence-electron chi connectivity index (χ0n) is 24.6. The average molecular weight is 640 g/mol. The molecule has 10 nitrogen and oxygen atoms in total. The van der Waals surface area contributed by atoms with Gasteiger partial charge in [0.15, 0.2) is 17.2 Å². The van der Waals surface area contributed by atoms with Crippen molar-refractivity contribution in [2.75, 3.05) is 19.7 Å². The van der Waals surface area contributed by atoms with Gasteiger partial charge in [0.1, 0.15) is 35.6 Å². The number of aromatic nitrogens is 4. The van der Waals surface area contributed by atoms with E-state index in [-0.39, 0.29) is 41.2 Å². The number of benzene rings is 1. The van der Waals surface area contributed by atoms with Crippen molar-refractivity contribution in [1.82, 2.24) is 24.4 Å². The number of allylic oxidation sites excluding steroid dienone is 1. The Balaban J connectivity index is 1.09. The van der Waals surface area contributed by atoms with Crippen LogP contribution >= 0.6 is 11.6 Å². The van der Waals surface area contributed by atoms with E-state index in [9.17, 15) is 13.6 Å². The van der Waals surface area contributed by atoms with Crippen LogP contribution in [-0.4, -0.2) is 67.4 Å². The van der Waals surface area contributed by atoms with E-state index in [2.05, 4.69) is 14.5 Å². The molecule has 0 unspecified atom stereocenters. The number of ether oxygens (including phenoxy) is 3. The van der Waals surface area contributed by atoms with Crippen molar-refractivity contribution in [1.29, 1.82) is 0 Å². The number of hydrogen-bond donors (Lipinski definition) is 1. The van der Waals surface area contributed by atoms with Gasteiger partial charge in [-0.15, -0.1) is 0 Å². The van der Waals surface area contributed by atoms with Crippen molar-refractivity contribution in [3.8, 4) is 11.6 Å². The topological polar surface area (TPSA) is 112 Å². The molecule has 0 aliphatic carbocycles. The normalized spacial score (nSPS) is 17.8. The number of fused-ring (bicyclic) bond motifs is 1. The summed E-state index contributed by atoms with van der Waals surface area (Å²) in [6.07, 6.45) is 3.54. The molecule has 0 spiro atoms. The number of carboxylic acids is 1. The molecule has 0 radical (unpaired) electrons. The lowest BCUT2D eigenvalue weighted by Gasteiger charge is -2.32. The first kappa shape index (κ1) is 30.9. The summed E-state index contributed by atoms with van der Waals surface area (Å²) in [7, 11) is 0. The largest absolute Gasteiger partial charge is 0.484 e. The van der Waals surface area contributed by atoms with Crippen LogP contribution in [0.15, 0.2) is 48.5 Å². The zero-order chi connectivity index (χ0) is 31.5. The van der Waals surface area contributed by atoms with Gasteiger partial charge < -0.3 is 23.9 Å². The van der Waals surface area contributed by atoms with Crippen molar-refractivity contribution in [3.63, 3.8) is 0 Å². The van der Waals surface area contributed by atoms with Gasteiger partial charge in [0, 0.05) is 36.9 Å². The second-order valence-corrected chi connectivity index (χ2v) is 11.6. The number of carboxylic acid groups (broad SMARTS) is 1. The summed E-state index contributed by atoms with van der Waals surface area (Å²) in [6.45, 7) is 4.92. The van der Waals surface area contributed by atoms with Crippen LogP contribution in [0.4, 0.5) is 8.78 Å². The maximum Gasteiger partial charge on any atom is 0.328 e. The lowest BCUT2D eigenvalue weighted by Crippen LogP contribution is -2.39. The lowest BCUT2D eigenvalue weighted by atomic mass is 10.1. The summed E-state index contributed by atoms with van der Waals surface area (Å²) < 4.78 is 47.8. The number of hydrogen-bond acceptors (Lipinski definition) is 8. The summed E-state index contributed by atoms with van der Waals surface area (Å²) >= 11 is 5.78. The molecule has 5 heterocycles. The number of imidazole rings is 1. The SMILES string of the molecule is C/C(=C\C(=O)O)c1ccc2nc(CN3CCC(Oc4ccc(F)c(COc5ccc(Cl)cc5F)n4)CC3)n(C[C@@H]3CCO3)c2n1. The Morgan fingerprint density at radius 2 is 1.89 bits per heavy atom. The van der Waals surface area contributed by atoms with Crippen LogP contribution in [0.2, 0.25) is 5.02 Å². The van der Waals surface area contributed by atoms with Crippen molar-refractivity contribution in [3.05, 3.63) is 82.4 Å². The monoisotopic (exact) mass is 639 g/mol. The van der Waals surface area contributed by atoms with E-state index in [0.29, 0.717) is 30.0 Å². The molecule has 0 saturated carbocycles. The van der Waals surface area contributed by atoms with Crippen LogP contribution in [0.3, 0.4) is 0 Å². The third-order valence-corrected chi connectivity index (χ3v) is 8.17. The molecule has 0 amide bonds.